The fourth-order valence-corrected chi connectivity index (χ4v) is 1.46. The van der Waals surface area contributed by atoms with Crippen molar-refractivity contribution in [3.63, 3.8) is 0 Å². The van der Waals surface area contributed by atoms with E-state index >= 15 is 0 Å². The predicted octanol–water partition coefficient (Wildman–Crippen LogP) is 3.25. The van der Waals surface area contributed by atoms with Crippen LogP contribution in [0.25, 0.3) is 0 Å². The van der Waals surface area contributed by atoms with Crippen LogP contribution in [0.4, 0.5) is 4.39 Å². The van der Waals surface area contributed by atoms with Crippen molar-refractivity contribution in [2.75, 3.05) is 7.11 Å². The first-order valence-corrected chi connectivity index (χ1v) is 4.00. The Bertz CT molecular complexity index is 277. The lowest BCUT2D eigenvalue weighted by atomic mass is 10.3. The molecule has 0 aliphatic rings. The van der Waals surface area contributed by atoms with Crippen molar-refractivity contribution in [3.05, 3.63) is 27.4 Å². The Morgan fingerprint density at radius 3 is 2.73 bits per heavy atom. The highest BCUT2D eigenvalue weighted by Crippen LogP contribution is 2.28. The summed E-state index contributed by atoms with van der Waals surface area (Å²) < 4.78 is 18.0. The van der Waals surface area contributed by atoms with Gasteiger partial charge in [0.05, 0.1) is 11.6 Å². The highest BCUT2D eigenvalue weighted by Gasteiger charge is 2.07. The molecule has 0 radical (unpaired) electrons. The van der Waals surface area contributed by atoms with E-state index in [4.69, 9.17) is 16.3 Å². The number of benzene rings is 1. The molecule has 1 aromatic carbocycles. The van der Waals surface area contributed by atoms with Gasteiger partial charge in [0.15, 0.2) is 11.6 Å². The Hall–Kier alpha value is -0.280. The molecule has 0 spiro atoms. The maximum Gasteiger partial charge on any atom is 0.179 e. The molecule has 0 amide bonds. The van der Waals surface area contributed by atoms with E-state index in [2.05, 4.69) is 15.9 Å². The second-order valence-electron chi connectivity index (χ2n) is 1.90. The van der Waals surface area contributed by atoms with E-state index in [9.17, 15) is 4.39 Å². The first kappa shape index (κ1) is 8.81. The maximum absolute atomic E-state index is 13.0. The van der Waals surface area contributed by atoms with Crippen molar-refractivity contribution >= 4 is 27.5 Å². The lowest BCUT2D eigenvalue weighted by Gasteiger charge is -2.02. The zero-order valence-electron chi connectivity index (χ0n) is 5.70. The first-order valence-electron chi connectivity index (χ1n) is 2.83. The standard InChI is InChI=1S/C7H5BrClFO/c1-11-6-3-4(9)2-5(8)7(6)10/h2-3H,1H3. The van der Waals surface area contributed by atoms with E-state index in [1.807, 2.05) is 0 Å². The molecule has 0 atom stereocenters. The molecule has 0 saturated heterocycles. The Morgan fingerprint density at radius 1 is 1.55 bits per heavy atom. The molecule has 1 aromatic rings. The predicted molar refractivity (Wildman–Crippen MR) is 45.7 cm³/mol. The van der Waals surface area contributed by atoms with E-state index < -0.39 is 5.82 Å². The van der Waals surface area contributed by atoms with Gasteiger partial charge in [0.1, 0.15) is 0 Å². The molecule has 0 N–H and O–H groups in total. The average molecular weight is 239 g/mol. The molecule has 11 heavy (non-hydrogen) atoms. The number of hydrogen-bond donors (Lipinski definition) is 0. The maximum atomic E-state index is 13.0. The molecule has 0 fully saturated rings. The second kappa shape index (κ2) is 3.41. The van der Waals surface area contributed by atoms with Crippen molar-refractivity contribution in [3.8, 4) is 5.75 Å². The van der Waals surface area contributed by atoms with Crippen LogP contribution < -0.4 is 4.74 Å². The molecule has 1 nitrogen and oxygen atoms in total. The average Bonchev–Trinajstić information content (AvgIpc) is 1.96. The molecule has 60 valence electrons. The van der Waals surface area contributed by atoms with Crippen LogP contribution in [0.15, 0.2) is 16.6 Å². The van der Waals surface area contributed by atoms with Gasteiger partial charge in [-0.15, -0.1) is 0 Å². The lowest BCUT2D eigenvalue weighted by Crippen LogP contribution is -1.88. The van der Waals surface area contributed by atoms with Gasteiger partial charge in [-0.2, -0.15) is 0 Å². The van der Waals surface area contributed by atoms with Gasteiger partial charge in [-0.1, -0.05) is 11.6 Å². The van der Waals surface area contributed by atoms with Crippen LogP contribution in [0.1, 0.15) is 0 Å². The number of halogens is 3. The SMILES string of the molecule is COc1cc(Cl)cc(Br)c1F. The molecule has 0 aliphatic carbocycles. The molecule has 0 bridgehead atoms. The summed E-state index contributed by atoms with van der Waals surface area (Å²) in [6.07, 6.45) is 0. The lowest BCUT2D eigenvalue weighted by molar-refractivity contribution is 0.385. The molecule has 4 heteroatoms. The summed E-state index contributed by atoms with van der Waals surface area (Å²) in [4.78, 5) is 0. The first-order chi connectivity index (χ1) is 5.15. The van der Waals surface area contributed by atoms with Gasteiger partial charge in [0.2, 0.25) is 0 Å². The van der Waals surface area contributed by atoms with E-state index in [1.54, 1.807) is 0 Å². The molecule has 0 aromatic heterocycles. The number of methoxy groups -OCH3 is 1. The zero-order valence-corrected chi connectivity index (χ0v) is 8.04. The topological polar surface area (TPSA) is 9.23 Å². The minimum Gasteiger partial charge on any atom is -0.494 e. The highest BCUT2D eigenvalue weighted by molar-refractivity contribution is 9.10. The molecule has 0 heterocycles. The van der Waals surface area contributed by atoms with Crippen molar-refractivity contribution in [1.82, 2.24) is 0 Å². The Labute approximate surface area is 77.2 Å². The van der Waals surface area contributed by atoms with Crippen molar-refractivity contribution < 1.29 is 9.13 Å². The van der Waals surface area contributed by atoms with Crippen LogP contribution in [0.2, 0.25) is 5.02 Å². The Balaban J connectivity index is 3.24. The summed E-state index contributed by atoms with van der Waals surface area (Å²) >= 11 is 8.62. The fraction of sp³-hybridized carbons (Fsp3) is 0.143. The van der Waals surface area contributed by atoms with E-state index in [1.165, 1.54) is 19.2 Å². The number of hydrogen-bond acceptors (Lipinski definition) is 1. The van der Waals surface area contributed by atoms with Crippen LogP contribution in [0, 0.1) is 5.82 Å². The third-order valence-electron chi connectivity index (χ3n) is 1.18. The van der Waals surface area contributed by atoms with E-state index in [0.29, 0.717) is 9.50 Å². The summed E-state index contributed by atoms with van der Waals surface area (Å²) in [6.45, 7) is 0. The van der Waals surface area contributed by atoms with Crippen LogP contribution in [-0.4, -0.2) is 7.11 Å². The summed E-state index contributed by atoms with van der Waals surface area (Å²) in [5, 5.41) is 0.440. The fourth-order valence-electron chi connectivity index (χ4n) is 0.681. The van der Waals surface area contributed by atoms with Gasteiger partial charge in [0, 0.05) is 11.1 Å². The van der Waals surface area contributed by atoms with Crippen molar-refractivity contribution in [2.24, 2.45) is 0 Å². The number of ether oxygens (including phenoxy) is 1. The quantitative estimate of drug-likeness (QED) is 0.684. The van der Waals surface area contributed by atoms with Crippen LogP contribution in [0.3, 0.4) is 0 Å². The summed E-state index contributed by atoms with van der Waals surface area (Å²) in [5.74, 6) is -0.290. The van der Waals surface area contributed by atoms with Crippen molar-refractivity contribution in [1.29, 1.82) is 0 Å². The van der Waals surface area contributed by atoms with Crippen molar-refractivity contribution in [2.45, 2.75) is 0 Å². The van der Waals surface area contributed by atoms with E-state index in [-0.39, 0.29) is 5.75 Å². The molecule has 1 rings (SSSR count). The molecule has 0 saturated carbocycles. The van der Waals surface area contributed by atoms with Gasteiger partial charge in [0.25, 0.3) is 0 Å². The van der Waals surface area contributed by atoms with Crippen LogP contribution in [-0.2, 0) is 0 Å². The van der Waals surface area contributed by atoms with Crippen LogP contribution >= 0.6 is 27.5 Å². The Morgan fingerprint density at radius 2 is 2.18 bits per heavy atom. The van der Waals surface area contributed by atoms with Gasteiger partial charge >= 0.3 is 0 Å². The van der Waals surface area contributed by atoms with Gasteiger partial charge in [-0.05, 0) is 22.0 Å². The van der Waals surface area contributed by atoms with Crippen LogP contribution in [0.5, 0.6) is 5.75 Å². The van der Waals surface area contributed by atoms with Gasteiger partial charge in [-0.3, -0.25) is 0 Å². The van der Waals surface area contributed by atoms with E-state index in [0.717, 1.165) is 0 Å². The van der Waals surface area contributed by atoms with Gasteiger partial charge < -0.3 is 4.74 Å². The molecular weight excluding hydrogens is 234 g/mol. The third-order valence-corrected chi connectivity index (χ3v) is 1.97. The molecular formula is C7H5BrClFO. The minimum absolute atomic E-state index is 0.143. The summed E-state index contributed by atoms with van der Waals surface area (Å²) in [5.41, 5.74) is 0. The normalized spacial score (nSPS) is 9.82. The molecule has 0 unspecified atom stereocenters. The third kappa shape index (κ3) is 1.84. The summed E-state index contributed by atoms with van der Waals surface area (Å²) in [6, 6.07) is 2.89. The highest BCUT2D eigenvalue weighted by atomic mass is 79.9. The Kier molecular flexibility index (Phi) is 2.73. The second-order valence-corrected chi connectivity index (χ2v) is 3.19. The summed E-state index contributed by atoms with van der Waals surface area (Å²) in [7, 11) is 1.39. The number of rotatable bonds is 1. The van der Waals surface area contributed by atoms with Gasteiger partial charge in [-0.25, -0.2) is 4.39 Å². The smallest absolute Gasteiger partial charge is 0.179 e. The monoisotopic (exact) mass is 238 g/mol. The molecule has 0 aliphatic heterocycles. The zero-order chi connectivity index (χ0) is 8.43. The minimum atomic E-state index is -0.433. The largest absolute Gasteiger partial charge is 0.494 e.